The van der Waals surface area contributed by atoms with Gasteiger partial charge in [-0.25, -0.2) is 0 Å². The zero-order valence-electron chi connectivity index (χ0n) is 37.5. The van der Waals surface area contributed by atoms with Crippen molar-refractivity contribution in [3.63, 3.8) is 0 Å². The van der Waals surface area contributed by atoms with Crippen molar-refractivity contribution in [3.05, 3.63) is 165 Å². The van der Waals surface area contributed by atoms with Crippen molar-refractivity contribution < 1.29 is 28.5 Å². The van der Waals surface area contributed by atoms with E-state index < -0.39 is 0 Å². The maximum atomic E-state index is 14.2. The van der Waals surface area contributed by atoms with Gasteiger partial charge in [-0.2, -0.15) is 0 Å². The van der Waals surface area contributed by atoms with Crippen molar-refractivity contribution in [1.82, 2.24) is 0 Å². The third-order valence-corrected chi connectivity index (χ3v) is 11.0. The van der Waals surface area contributed by atoms with E-state index in [0.29, 0.717) is 86.0 Å². The molecule has 1 aliphatic rings. The second-order valence-electron chi connectivity index (χ2n) is 16.3. The van der Waals surface area contributed by atoms with Gasteiger partial charge in [-0.1, -0.05) is 64.1 Å². The Labute approximate surface area is 377 Å². The maximum Gasteiger partial charge on any atom is 0.255 e. The topological polar surface area (TPSA) is 147 Å². The number of nitrogens with one attached hydrogen (secondary N) is 2. The molecular formula is C54H60N4O6. The number of carbonyl (C=O) groups is 2. The normalized spacial score (nSPS) is 11.9. The van der Waals surface area contributed by atoms with Gasteiger partial charge in [-0.3, -0.25) is 9.59 Å². The first-order valence-electron chi connectivity index (χ1n) is 22.6. The highest BCUT2D eigenvalue weighted by molar-refractivity contribution is 6.05. The van der Waals surface area contributed by atoms with Crippen LogP contribution in [0.2, 0.25) is 0 Å². The van der Waals surface area contributed by atoms with Crippen LogP contribution in [0.3, 0.4) is 0 Å². The summed E-state index contributed by atoms with van der Waals surface area (Å²) in [5, 5.41) is 6.16. The largest absolute Gasteiger partial charge is 0.493 e. The second-order valence-corrected chi connectivity index (χ2v) is 16.3. The van der Waals surface area contributed by atoms with Crippen molar-refractivity contribution in [2.45, 2.75) is 79.1 Å². The predicted molar refractivity (Wildman–Crippen MR) is 258 cm³/mol. The highest BCUT2D eigenvalue weighted by Crippen LogP contribution is 2.40. The summed E-state index contributed by atoms with van der Waals surface area (Å²) in [6, 6.07) is 34.5. The molecule has 1 aliphatic carbocycles. The van der Waals surface area contributed by atoms with Crippen LogP contribution in [0.25, 0.3) is 0 Å². The van der Waals surface area contributed by atoms with Gasteiger partial charge in [-0.15, -0.1) is 0 Å². The molecule has 10 heteroatoms. The Morgan fingerprint density at radius 1 is 0.422 bits per heavy atom. The summed E-state index contributed by atoms with van der Waals surface area (Å²) in [5.41, 5.74) is 22.7. The Morgan fingerprint density at radius 3 is 0.953 bits per heavy atom. The molecule has 0 saturated heterocycles. The third-order valence-electron chi connectivity index (χ3n) is 11.0. The van der Waals surface area contributed by atoms with Gasteiger partial charge in [0, 0.05) is 59.6 Å². The molecule has 10 nitrogen and oxygen atoms in total. The van der Waals surface area contributed by atoms with Crippen LogP contribution < -0.4 is 41.0 Å². The lowest BCUT2D eigenvalue weighted by Crippen LogP contribution is -2.15. The molecule has 0 spiro atoms. The molecule has 0 saturated carbocycles. The quantitative estimate of drug-likeness (QED) is 0.0702. The lowest BCUT2D eigenvalue weighted by atomic mass is 9.89. The van der Waals surface area contributed by atoms with Crippen LogP contribution in [0.4, 0.5) is 22.7 Å². The fraction of sp³-hybridized carbons (Fsp3) is 0.296. The molecule has 7 rings (SSSR count). The first-order valence-corrected chi connectivity index (χ1v) is 22.6. The fourth-order valence-corrected chi connectivity index (χ4v) is 8.05. The number of nitrogens with two attached hydrogens (primary N) is 2. The van der Waals surface area contributed by atoms with Gasteiger partial charge in [-0.05, 0) is 143 Å². The highest BCUT2D eigenvalue weighted by Gasteiger charge is 2.25. The molecule has 6 aromatic rings. The third kappa shape index (κ3) is 11.0. The molecule has 6 aromatic carbocycles. The monoisotopic (exact) mass is 860 g/mol. The molecule has 2 amide bonds. The van der Waals surface area contributed by atoms with E-state index in [4.69, 9.17) is 30.4 Å². The summed E-state index contributed by atoms with van der Waals surface area (Å²) in [6.45, 7) is 10.4. The summed E-state index contributed by atoms with van der Waals surface area (Å²) in [5.74, 6) is 2.52. The molecule has 332 valence electrons. The smallest absolute Gasteiger partial charge is 0.255 e. The molecule has 0 aliphatic heterocycles. The number of anilines is 4. The first-order chi connectivity index (χ1) is 31.2. The number of nitrogen functional groups attached to an aromatic ring is 2. The Kier molecular flexibility index (Phi) is 15.1. The molecule has 0 radical (unpaired) electrons. The molecule has 6 N–H and O–H groups in total. The van der Waals surface area contributed by atoms with Crippen LogP contribution in [0.1, 0.15) is 119 Å². The predicted octanol–water partition coefficient (Wildman–Crippen LogP) is 11.2. The molecule has 8 bridgehead atoms. The fourth-order valence-electron chi connectivity index (χ4n) is 8.05. The van der Waals surface area contributed by atoms with Crippen LogP contribution >= 0.6 is 0 Å². The van der Waals surface area contributed by atoms with Gasteiger partial charge in [0.05, 0.1) is 26.4 Å². The van der Waals surface area contributed by atoms with Crippen LogP contribution in [-0.2, 0) is 25.7 Å². The minimum absolute atomic E-state index is 0.245. The van der Waals surface area contributed by atoms with E-state index in [1.54, 1.807) is 48.5 Å². The average Bonchev–Trinajstić information content (AvgIpc) is 3.29. The summed E-state index contributed by atoms with van der Waals surface area (Å²) >= 11 is 0. The van der Waals surface area contributed by atoms with Gasteiger partial charge in [0.2, 0.25) is 0 Å². The van der Waals surface area contributed by atoms with Crippen molar-refractivity contribution in [3.8, 4) is 23.0 Å². The van der Waals surface area contributed by atoms with Gasteiger partial charge < -0.3 is 41.0 Å². The number of benzene rings is 6. The second kappa shape index (κ2) is 21.4. The van der Waals surface area contributed by atoms with E-state index in [2.05, 4.69) is 62.6 Å². The Balaban J connectivity index is 1.46. The van der Waals surface area contributed by atoms with Crippen LogP contribution in [0, 0.1) is 0 Å². The summed E-state index contributed by atoms with van der Waals surface area (Å²) in [7, 11) is 0. The molecule has 0 aromatic heterocycles. The highest BCUT2D eigenvalue weighted by atomic mass is 16.5. The van der Waals surface area contributed by atoms with E-state index in [9.17, 15) is 9.59 Å². The van der Waals surface area contributed by atoms with Crippen LogP contribution in [-0.4, -0.2) is 38.2 Å². The summed E-state index contributed by atoms with van der Waals surface area (Å²) in [4.78, 5) is 28.4. The Bertz CT molecular complexity index is 2300. The maximum absolute atomic E-state index is 14.2. The average molecular weight is 861 g/mol. The number of ether oxygens (including phenoxy) is 4. The molecule has 64 heavy (non-hydrogen) atoms. The Morgan fingerprint density at radius 2 is 0.688 bits per heavy atom. The number of rotatable bonds is 16. The number of hydrogen-bond acceptors (Lipinski definition) is 8. The first kappa shape index (κ1) is 45.1. The van der Waals surface area contributed by atoms with Crippen molar-refractivity contribution in [2.75, 3.05) is 48.5 Å². The minimum Gasteiger partial charge on any atom is -0.493 e. The standard InChI is InChI=1S/C54H60N4O6/c1-5-23-61-49-35-11-9-12-36(49)28-40-32-44(54(60)58-48-21-17-46(56)18-22-48)34-42(52(40)64-26-8-4)30-38-14-10-13-37(50(38)62-24-6-2)29-41-33-43(31-39(27-35)51(41)63-25-7-3)53(59)57-47-19-15-45(55)16-20-47/h9-22,31-34H,5-8,23-30,55-56H2,1-4H3,(H,57,59)(H,58,60). The molecule has 0 heterocycles. The zero-order valence-corrected chi connectivity index (χ0v) is 37.5. The zero-order chi connectivity index (χ0) is 45.0. The van der Waals surface area contributed by atoms with Gasteiger partial charge in [0.15, 0.2) is 0 Å². The van der Waals surface area contributed by atoms with Crippen molar-refractivity contribution in [2.24, 2.45) is 0 Å². The van der Waals surface area contributed by atoms with Crippen molar-refractivity contribution >= 4 is 34.6 Å². The number of hydrogen-bond donors (Lipinski definition) is 4. The van der Waals surface area contributed by atoms with Crippen LogP contribution in [0.5, 0.6) is 23.0 Å². The lowest BCUT2D eigenvalue weighted by molar-refractivity contribution is 0.101. The molecular weight excluding hydrogens is 801 g/mol. The molecule has 0 unspecified atom stereocenters. The number of fused-ring (bicyclic) bond motifs is 8. The summed E-state index contributed by atoms with van der Waals surface area (Å²) in [6.07, 6.45) is 4.92. The SMILES string of the molecule is CCCOc1c2cccc1Cc1cc(C(=O)Nc3ccc(N)cc3)cc(c1OCCC)Cc1cccc(c1OCCC)Cc1cc(C(=O)Nc3ccc(N)cc3)cc(c1OCCC)C2. The number of amides is 2. The minimum atomic E-state index is -0.245. The lowest BCUT2D eigenvalue weighted by Gasteiger charge is -2.24. The van der Waals surface area contributed by atoms with Gasteiger partial charge in [0.25, 0.3) is 11.8 Å². The van der Waals surface area contributed by atoms with E-state index in [1.807, 2.05) is 36.4 Å². The number of carbonyl (C=O) groups excluding carboxylic acids is 2. The van der Waals surface area contributed by atoms with E-state index in [-0.39, 0.29) is 11.8 Å². The number of para-hydroxylation sites is 2. The Hall–Kier alpha value is -6.94. The summed E-state index contributed by atoms with van der Waals surface area (Å²) < 4.78 is 26.8. The molecule has 0 atom stereocenters. The van der Waals surface area contributed by atoms with Crippen molar-refractivity contribution in [1.29, 1.82) is 0 Å². The van der Waals surface area contributed by atoms with E-state index in [0.717, 1.165) is 93.2 Å². The van der Waals surface area contributed by atoms with Crippen LogP contribution in [0.15, 0.2) is 109 Å². The van der Waals surface area contributed by atoms with E-state index in [1.165, 1.54) is 0 Å². The van der Waals surface area contributed by atoms with Gasteiger partial charge >= 0.3 is 0 Å². The van der Waals surface area contributed by atoms with E-state index >= 15 is 0 Å². The molecule has 0 fully saturated rings. The van der Waals surface area contributed by atoms with Gasteiger partial charge in [0.1, 0.15) is 23.0 Å².